The minimum Gasteiger partial charge on any atom is -0.361 e. The van der Waals surface area contributed by atoms with Gasteiger partial charge in [-0.1, -0.05) is 33.1 Å². The van der Waals surface area contributed by atoms with E-state index in [1.165, 1.54) is 25.7 Å². The molecule has 2 atom stereocenters. The molecule has 0 saturated heterocycles. The maximum atomic E-state index is 5.27. The van der Waals surface area contributed by atoms with Gasteiger partial charge in [-0.3, -0.25) is 10.9 Å². The van der Waals surface area contributed by atoms with Gasteiger partial charge in [-0.25, -0.2) is 0 Å². The van der Waals surface area contributed by atoms with Crippen molar-refractivity contribution in [2.24, 2.45) is 5.92 Å². The second-order valence-electron chi connectivity index (χ2n) is 5.20. The van der Waals surface area contributed by atoms with Gasteiger partial charge >= 0.3 is 0 Å². The molecule has 1 saturated carbocycles. The Morgan fingerprint density at radius 1 is 1.11 bits per heavy atom. The van der Waals surface area contributed by atoms with Gasteiger partial charge < -0.3 is 10.6 Å². The molecular weight excluding hydrogens is 276 g/mol. The Bertz CT molecular complexity index is 296. The molecule has 0 aliphatic heterocycles. The summed E-state index contributed by atoms with van der Waals surface area (Å²) in [5.74, 6) is 0.683. The van der Waals surface area contributed by atoms with Crippen molar-refractivity contribution in [3.63, 3.8) is 0 Å². The monoisotopic (exact) mass is 302 g/mol. The van der Waals surface area contributed by atoms with E-state index >= 15 is 0 Å². The lowest BCUT2D eigenvalue weighted by Crippen LogP contribution is -2.53. The van der Waals surface area contributed by atoms with Crippen LogP contribution in [0.3, 0.4) is 0 Å². The van der Waals surface area contributed by atoms with Gasteiger partial charge in [0.15, 0.2) is 10.2 Å². The Labute approximate surface area is 127 Å². The zero-order valence-corrected chi connectivity index (χ0v) is 13.6. The van der Waals surface area contributed by atoms with Crippen LogP contribution in [0.2, 0.25) is 0 Å². The number of hydrogen-bond acceptors (Lipinski definition) is 2. The quantitative estimate of drug-likeness (QED) is 0.363. The second-order valence-corrected chi connectivity index (χ2v) is 6.02. The standard InChI is InChI=1S/C13H26N4S2/c1-3-4-9-14-12(18)16-17-13(19)15-11-8-6-5-7-10(11)2/h10-11H,3-9H2,1-2H3,(H2,14,16,18)(H2,15,17,19)/t10-,11-/m0/s1. The number of rotatable bonds is 4. The SMILES string of the molecule is CCCCNC(=S)NNC(=S)N[C@H]1CCCC[C@@H]1C. The molecule has 0 aromatic carbocycles. The van der Waals surface area contributed by atoms with Crippen molar-refractivity contribution in [1.29, 1.82) is 0 Å². The molecule has 1 rings (SSSR count). The van der Waals surface area contributed by atoms with Gasteiger partial charge in [0.1, 0.15) is 0 Å². The highest BCUT2D eigenvalue weighted by molar-refractivity contribution is 7.80. The highest BCUT2D eigenvalue weighted by Gasteiger charge is 2.21. The fourth-order valence-corrected chi connectivity index (χ4v) is 2.63. The average Bonchev–Trinajstić information content (AvgIpc) is 2.39. The molecule has 0 unspecified atom stereocenters. The zero-order chi connectivity index (χ0) is 14.1. The number of nitrogens with one attached hydrogen (secondary N) is 4. The van der Waals surface area contributed by atoms with Crippen LogP contribution in [0.1, 0.15) is 52.4 Å². The summed E-state index contributed by atoms with van der Waals surface area (Å²) < 4.78 is 0. The van der Waals surface area contributed by atoms with Gasteiger partial charge in [0, 0.05) is 12.6 Å². The first kappa shape index (κ1) is 16.4. The normalized spacial score (nSPS) is 22.4. The summed E-state index contributed by atoms with van der Waals surface area (Å²) >= 11 is 10.4. The largest absolute Gasteiger partial charge is 0.361 e. The van der Waals surface area contributed by atoms with E-state index in [0.29, 0.717) is 22.2 Å². The topological polar surface area (TPSA) is 48.1 Å². The van der Waals surface area contributed by atoms with Gasteiger partial charge in [0.25, 0.3) is 0 Å². The number of hydrogen-bond donors (Lipinski definition) is 4. The Balaban J connectivity index is 2.14. The van der Waals surface area contributed by atoms with Crippen LogP contribution in [0.25, 0.3) is 0 Å². The van der Waals surface area contributed by atoms with Crippen LogP contribution < -0.4 is 21.5 Å². The molecule has 4 N–H and O–H groups in total. The molecule has 4 nitrogen and oxygen atoms in total. The van der Waals surface area contributed by atoms with Crippen molar-refractivity contribution in [3.05, 3.63) is 0 Å². The van der Waals surface area contributed by atoms with Crippen LogP contribution >= 0.6 is 24.4 Å². The smallest absolute Gasteiger partial charge is 0.185 e. The van der Waals surface area contributed by atoms with E-state index < -0.39 is 0 Å². The first-order valence-corrected chi connectivity index (χ1v) is 8.05. The molecule has 1 aliphatic carbocycles. The van der Waals surface area contributed by atoms with Crippen molar-refractivity contribution in [2.75, 3.05) is 6.54 Å². The lowest BCUT2D eigenvalue weighted by molar-refractivity contribution is 0.308. The van der Waals surface area contributed by atoms with Gasteiger partial charge in [-0.05, 0) is 49.6 Å². The molecule has 6 heteroatoms. The molecular formula is C13H26N4S2. The Morgan fingerprint density at radius 3 is 2.47 bits per heavy atom. The fourth-order valence-electron chi connectivity index (χ4n) is 2.27. The maximum Gasteiger partial charge on any atom is 0.185 e. The minimum atomic E-state index is 0.483. The van der Waals surface area contributed by atoms with Crippen LogP contribution in [-0.4, -0.2) is 22.8 Å². The first-order valence-electron chi connectivity index (χ1n) is 7.23. The number of unbranched alkanes of at least 4 members (excludes halogenated alkanes) is 1. The molecule has 0 amide bonds. The van der Waals surface area contributed by atoms with Crippen molar-refractivity contribution in [1.82, 2.24) is 21.5 Å². The van der Waals surface area contributed by atoms with Gasteiger partial charge in [0.05, 0.1) is 0 Å². The molecule has 0 bridgehead atoms. The van der Waals surface area contributed by atoms with Crippen molar-refractivity contribution in [2.45, 2.75) is 58.4 Å². The third-order valence-electron chi connectivity index (χ3n) is 3.53. The van der Waals surface area contributed by atoms with Gasteiger partial charge in [-0.15, -0.1) is 0 Å². The van der Waals surface area contributed by atoms with E-state index in [4.69, 9.17) is 24.4 Å². The molecule has 1 aliphatic rings. The molecule has 0 radical (unpaired) electrons. The third-order valence-corrected chi connectivity index (χ3v) is 4.00. The molecule has 0 aromatic heterocycles. The van der Waals surface area contributed by atoms with Crippen LogP contribution in [0.4, 0.5) is 0 Å². The van der Waals surface area contributed by atoms with Crippen LogP contribution in [0.5, 0.6) is 0 Å². The summed E-state index contributed by atoms with van der Waals surface area (Å²) in [7, 11) is 0. The summed E-state index contributed by atoms with van der Waals surface area (Å²) in [6.45, 7) is 5.33. The number of thiocarbonyl (C=S) groups is 2. The molecule has 0 aromatic rings. The van der Waals surface area contributed by atoms with Crippen LogP contribution in [-0.2, 0) is 0 Å². The summed E-state index contributed by atoms with van der Waals surface area (Å²) in [6.07, 6.45) is 7.37. The predicted molar refractivity (Wildman–Crippen MR) is 88.9 cm³/mol. The molecule has 0 spiro atoms. The van der Waals surface area contributed by atoms with E-state index in [9.17, 15) is 0 Å². The van der Waals surface area contributed by atoms with E-state index in [-0.39, 0.29) is 0 Å². The summed E-state index contributed by atoms with van der Waals surface area (Å²) in [6, 6.07) is 0.483. The van der Waals surface area contributed by atoms with E-state index in [1.54, 1.807) is 0 Å². The minimum absolute atomic E-state index is 0.483. The zero-order valence-electron chi connectivity index (χ0n) is 11.9. The number of hydrazine groups is 1. The van der Waals surface area contributed by atoms with E-state index in [1.807, 2.05) is 0 Å². The first-order chi connectivity index (χ1) is 9.13. The second kappa shape index (κ2) is 9.31. The maximum absolute atomic E-state index is 5.27. The molecule has 1 fully saturated rings. The summed E-state index contributed by atoms with van der Waals surface area (Å²) in [5.41, 5.74) is 5.86. The molecule has 19 heavy (non-hydrogen) atoms. The van der Waals surface area contributed by atoms with Crippen molar-refractivity contribution < 1.29 is 0 Å². The lowest BCUT2D eigenvalue weighted by atomic mass is 9.86. The van der Waals surface area contributed by atoms with E-state index in [0.717, 1.165) is 19.4 Å². The highest BCUT2D eigenvalue weighted by atomic mass is 32.1. The Morgan fingerprint density at radius 2 is 1.79 bits per heavy atom. The molecule has 0 heterocycles. The highest BCUT2D eigenvalue weighted by Crippen LogP contribution is 2.23. The van der Waals surface area contributed by atoms with Gasteiger partial charge in [0.2, 0.25) is 0 Å². The third kappa shape index (κ3) is 6.92. The van der Waals surface area contributed by atoms with E-state index in [2.05, 4.69) is 35.3 Å². The summed E-state index contributed by atoms with van der Waals surface area (Å²) in [4.78, 5) is 0. The Kier molecular flexibility index (Phi) is 8.05. The average molecular weight is 303 g/mol. The van der Waals surface area contributed by atoms with Crippen LogP contribution in [0, 0.1) is 5.92 Å². The van der Waals surface area contributed by atoms with Crippen LogP contribution in [0.15, 0.2) is 0 Å². The lowest BCUT2D eigenvalue weighted by Gasteiger charge is -2.30. The van der Waals surface area contributed by atoms with Crippen molar-refractivity contribution in [3.8, 4) is 0 Å². The molecule has 110 valence electrons. The summed E-state index contributed by atoms with van der Waals surface area (Å²) in [5, 5.41) is 7.70. The Hall–Kier alpha value is -0.620. The van der Waals surface area contributed by atoms with Gasteiger partial charge in [-0.2, -0.15) is 0 Å². The fraction of sp³-hybridized carbons (Fsp3) is 0.846. The van der Waals surface area contributed by atoms with Crippen molar-refractivity contribution >= 4 is 34.7 Å². The predicted octanol–water partition coefficient (Wildman–Crippen LogP) is 2.21.